The molecule has 0 bridgehead atoms. The predicted molar refractivity (Wildman–Crippen MR) is 81.0 cm³/mol. The van der Waals surface area contributed by atoms with Crippen molar-refractivity contribution in [3.05, 3.63) is 59.9 Å². The molecule has 1 atom stereocenters. The van der Waals surface area contributed by atoms with E-state index >= 15 is 0 Å². The Hall–Kier alpha value is -2.70. The molecule has 0 aliphatic heterocycles. The molecule has 2 aromatic rings. The van der Waals surface area contributed by atoms with E-state index in [0.717, 1.165) is 17.7 Å². The van der Waals surface area contributed by atoms with Crippen LogP contribution in [0.5, 0.6) is 5.75 Å². The van der Waals surface area contributed by atoms with Crippen molar-refractivity contribution in [3.63, 3.8) is 0 Å². The van der Waals surface area contributed by atoms with Gasteiger partial charge < -0.3 is 15.4 Å². The number of carbonyl (C=O) groups excluding carboxylic acids is 1. The smallest absolute Gasteiger partial charge is 0.315 e. The van der Waals surface area contributed by atoms with Gasteiger partial charge >= 0.3 is 6.03 Å². The summed E-state index contributed by atoms with van der Waals surface area (Å²) < 4.78 is 31.0. The average molecular weight is 321 g/mol. The molecular formula is C16H17F2N3O2. The largest absolute Gasteiger partial charge is 0.492 e. The molecule has 0 unspecified atom stereocenters. The molecule has 0 radical (unpaired) electrons. The van der Waals surface area contributed by atoms with E-state index in [-0.39, 0.29) is 31.0 Å². The molecule has 0 aliphatic carbocycles. The zero-order chi connectivity index (χ0) is 16.7. The predicted octanol–water partition coefficient (Wildman–Crippen LogP) is 2.80. The maximum absolute atomic E-state index is 13.0. The van der Waals surface area contributed by atoms with Crippen molar-refractivity contribution in [1.82, 2.24) is 15.6 Å². The molecule has 2 rings (SSSR count). The minimum atomic E-state index is -0.973. The van der Waals surface area contributed by atoms with Gasteiger partial charge in [-0.3, -0.25) is 4.98 Å². The van der Waals surface area contributed by atoms with Gasteiger partial charge in [0, 0.05) is 18.5 Å². The summed E-state index contributed by atoms with van der Waals surface area (Å²) in [5, 5.41) is 5.39. The minimum Gasteiger partial charge on any atom is -0.492 e. The lowest BCUT2D eigenvalue weighted by Crippen LogP contribution is -2.38. The molecule has 2 N–H and O–H groups in total. The molecule has 0 fully saturated rings. The summed E-state index contributed by atoms with van der Waals surface area (Å²) in [7, 11) is 0. The summed E-state index contributed by atoms with van der Waals surface area (Å²) in [6, 6.07) is 6.40. The van der Waals surface area contributed by atoms with Crippen molar-refractivity contribution in [2.45, 2.75) is 13.0 Å². The molecule has 0 spiro atoms. The number of urea groups is 1. The number of hydrogen-bond donors (Lipinski definition) is 2. The van der Waals surface area contributed by atoms with Crippen LogP contribution in [0.1, 0.15) is 18.5 Å². The van der Waals surface area contributed by atoms with Crippen LogP contribution < -0.4 is 15.4 Å². The second kappa shape index (κ2) is 8.07. The van der Waals surface area contributed by atoms with E-state index in [2.05, 4.69) is 15.6 Å². The average Bonchev–Trinajstić information content (AvgIpc) is 2.55. The van der Waals surface area contributed by atoms with Crippen molar-refractivity contribution >= 4 is 6.03 Å². The normalized spacial score (nSPS) is 11.6. The fraction of sp³-hybridized carbons (Fsp3) is 0.250. The molecule has 23 heavy (non-hydrogen) atoms. The Labute approximate surface area is 132 Å². The van der Waals surface area contributed by atoms with Gasteiger partial charge in [0.05, 0.1) is 12.6 Å². The zero-order valence-corrected chi connectivity index (χ0v) is 12.6. The van der Waals surface area contributed by atoms with Crippen molar-refractivity contribution in [2.24, 2.45) is 0 Å². The fourth-order valence-corrected chi connectivity index (χ4v) is 1.88. The lowest BCUT2D eigenvalue weighted by Gasteiger charge is -2.15. The van der Waals surface area contributed by atoms with Gasteiger partial charge in [-0.05, 0) is 36.8 Å². The van der Waals surface area contributed by atoms with E-state index in [4.69, 9.17) is 4.74 Å². The number of rotatable bonds is 6. The van der Waals surface area contributed by atoms with E-state index in [1.165, 1.54) is 6.07 Å². The molecule has 0 aliphatic rings. The Morgan fingerprint density at radius 2 is 1.96 bits per heavy atom. The Kier molecular flexibility index (Phi) is 5.85. The van der Waals surface area contributed by atoms with Crippen molar-refractivity contribution < 1.29 is 18.3 Å². The Morgan fingerprint density at radius 1 is 1.22 bits per heavy atom. The van der Waals surface area contributed by atoms with Crippen molar-refractivity contribution in [2.75, 3.05) is 13.2 Å². The number of halogens is 2. The van der Waals surface area contributed by atoms with Gasteiger partial charge in [-0.2, -0.15) is 0 Å². The van der Waals surface area contributed by atoms with Gasteiger partial charge in [-0.15, -0.1) is 0 Å². The van der Waals surface area contributed by atoms with Crippen LogP contribution in [-0.2, 0) is 0 Å². The maximum atomic E-state index is 13.0. The number of nitrogens with zero attached hydrogens (tertiary/aromatic N) is 1. The summed E-state index contributed by atoms with van der Waals surface area (Å²) in [5.41, 5.74) is 0.938. The lowest BCUT2D eigenvalue weighted by atomic mass is 10.1. The topological polar surface area (TPSA) is 63.2 Å². The third kappa shape index (κ3) is 5.21. The molecule has 5 nitrogen and oxygen atoms in total. The number of aromatic nitrogens is 1. The summed E-state index contributed by atoms with van der Waals surface area (Å²) in [5.74, 6) is -1.70. The van der Waals surface area contributed by atoms with Crippen LogP contribution in [0.4, 0.5) is 13.6 Å². The first kappa shape index (κ1) is 16.7. The van der Waals surface area contributed by atoms with Crippen LogP contribution in [0, 0.1) is 11.6 Å². The molecule has 7 heteroatoms. The number of carbonyl (C=O) groups is 1. The zero-order valence-electron chi connectivity index (χ0n) is 12.6. The van der Waals surface area contributed by atoms with E-state index in [1.807, 2.05) is 19.1 Å². The molecule has 0 saturated carbocycles. The Morgan fingerprint density at radius 3 is 2.65 bits per heavy atom. The van der Waals surface area contributed by atoms with Crippen LogP contribution in [0.2, 0.25) is 0 Å². The van der Waals surface area contributed by atoms with Crippen LogP contribution in [0.3, 0.4) is 0 Å². The highest BCUT2D eigenvalue weighted by molar-refractivity contribution is 5.74. The van der Waals surface area contributed by atoms with Gasteiger partial charge in [0.2, 0.25) is 0 Å². The molecule has 1 heterocycles. The number of ether oxygens (including phenoxy) is 1. The van der Waals surface area contributed by atoms with Gasteiger partial charge in [0.25, 0.3) is 0 Å². The monoisotopic (exact) mass is 321 g/mol. The van der Waals surface area contributed by atoms with E-state index < -0.39 is 11.6 Å². The number of nitrogens with one attached hydrogen (secondary N) is 2. The third-order valence-electron chi connectivity index (χ3n) is 3.10. The van der Waals surface area contributed by atoms with Gasteiger partial charge in [-0.25, -0.2) is 13.6 Å². The molecule has 1 aromatic carbocycles. The van der Waals surface area contributed by atoms with Gasteiger partial charge in [-0.1, -0.05) is 0 Å². The number of benzene rings is 1. The maximum Gasteiger partial charge on any atom is 0.315 e. The second-order valence-electron chi connectivity index (χ2n) is 4.83. The van der Waals surface area contributed by atoms with Crippen molar-refractivity contribution in [3.8, 4) is 5.75 Å². The van der Waals surface area contributed by atoms with Crippen LogP contribution in [0.25, 0.3) is 0 Å². The van der Waals surface area contributed by atoms with Gasteiger partial charge in [0.1, 0.15) is 12.4 Å². The van der Waals surface area contributed by atoms with E-state index in [0.29, 0.717) is 0 Å². The number of pyridine rings is 1. The third-order valence-corrected chi connectivity index (χ3v) is 3.10. The first-order chi connectivity index (χ1) is 11.1. The summed E-state index contributed by atoms with van der Waals surface area (Å²) in [4.78, 5) is 15.6. The van der Waals surface area contributed by atoms with Crippen molar-refractivity contribution in [1.29, 1.82) is 0 Å². The number of amides is 2. The highest BCUT2D eigenvalue weighted by Crippen LogP contribution is 2.15. The van der Waals surface area contributed by atoms with Crippen LogP contribution >= 0.6 is 0 Å². The molecule has 1 aromatic heterocycles. The highest BCUT2D eigenvalue weighted by Gasteiger charge is 2.08. The SMILES string of the molecule is C[C@@H](NC(=O)NCCOc1ccc(F)c(F)c1)c1ccncc1. The molecule has 122 valence electrons. The minimum absolute atomic E-state index is 0.141. The van der Waals surface area contributed by atoms with Gasteiger partial charge in [0.15, 0.2) is 11.6 Å². The molecule has 0 saturated heterocycles. The second-order valence-corrected chi connectivity index (χ2v) is 4.83. The summed E-state index contributed by atoms with van der Waals surface area (Å²) in [6.45, 7) is 2.22. The first-order valence-electron chi connectivity index (χ1n) is 7.08. The van der Waals surface area contributed by atoms with Crippen LogP contribution in [0.15, 0.2) is 42.7 Å². The van der Waals surface area contributed by atoms with E-state index in [1.54, 1.807) is 12.4 Å². The molecule has 2 amide bonds. The standard InChI is InChI=1S/C16H17F2N3O2/c1-11(12-4-6-19-7-5-12)21-16(22)20-8-9-23-13-2-3-14(17)15(18)10-13/h2-7,10-11H,8-9H2,1H3,(H2,20,21,22)/t11-/m1/s1. The summed E-state index contributed by atoms with van der Waals surface area (Å²) in [6.07, 6.45) is 3.31. The lowest BCUT2D eigenvalue weighted by molar-refractivity contribution is 0.233. The quantitative estimate of drug-likeness (QED) is 0.804. The highest BCUT2D eigenvalue weighted by atomic mass is 19.2. The fourth-order valence-electron chi connectivity index (χ4n) is 1.88. The van der Waals surface area contributed by atoms with Crippen LogP contribution in [-0.4, -0.2) is 24.2 Å². The van der Waals surface area contributed by atoms with E-state index in [9.17, 15) is 13.6 Å². The Balaban J connectivity index is 1.69. The Bertz CT molecular complexity index is 653. The summed E-state index contributed by atoms with van der Waals surface area (Å²) >= 11 is 0. The first-order valence-corrected chi connectivity index (χ1v) is 7.08. The number of hydrogen-bond acceptors (Lipinski definition) is 3. The molecular weight excluding hydrogens is 304 g/mol.